The number of para-hydroxylation sites is 1. The SMILES string of the molecule is CCOc1cc2c(cc1C=NNC(=O)Cc1ccccc1[N+](=O)[O-])OCO2. The minimum atomic E-state index is -0.521. The molecule has 140 valence electrons. The second-order valence-corrected chi connectivity index (χ2v) is 5.53. The Morgan fingerprint density at radius 2 is 2.07 bits per heavy atom. The van der Waals surface area contributed by atoms with Crippen LogP contribution >= 0.6 is 0 Å². The number of hydrogen-bond donors (Lipinski definition) is 1. The van der Waals surface area contributed by atoms with Crippen molar-refractivity contribution >= 4 is 17.8 Å². The van der Waals surface area contributed by atoms with Crippen LogP contribution in [0.4, 0.5) is 5.69 Å². The molecule has 1 N–H and O–H groups in total. The Hall–Kier alpha value is -3.62. The molecule has 2 aromatic carbocycles. The lowest BCUT2D eigenvalue weighted by Crippen LogP contribution is -2.20. The molecule has 0 atom stereocenters. The molecular formula is C18H17N3O6. The third-order valence-electron chi connectivity index (χ3n) is 3.74. The van der Waals surface area contributed by atoms with Crippen LogP contribution in [0.25, 0.3) is 0 Å². The van der Waals surface area contributed by atoms with Crippen LogP contribution in [0.15, 0.2) is 41.5 Å². The molecule has 27 heavy (non-hydrogen) atoms. The summed E-state index contributed by atoms with van der Waals surface area (Å²) in [6.07, 6.45) is 1.26. The van der Waals surface area contributed by atoms with Crippen molar-refractivity contribution in [1.82, 2.24) is 5.43 Å². The zero-order valence-electron chi connectivity index (χ0n) is 14.5. The predicted octanol–water partition coefficient (Wildman–Crippen LogP) is 2.42. The molecule has 9 heteroatoms. The smallest absolute Gasteiger partial charge is 0.273 e. The van der Waals surface area contributed by atoms with E-state index in [-0.39, 0.29) is 18.9 Å². The third-order valence-corrected chi connectivity index (χ3v) is 3.74. The Kier molecular flexibility index (Phi) is 5.50. The van der Waals surface area contributed by atoms with Crippen molar-refractivity contribution in [2.24, 2.45) is 5.10 Å². The summed E-state index contributed by atoms with van der Waals surface area (Å²) >= 11 is 0. The van der Waals surface area contributed by atoms with Crippen LogP contribution in [-0.2, 0) is 11.2 Å². The van der Waals surface area contributed by atoms with Gasteiger partial charge in [0.05, 0.1) is 24.2 Å². The summed E-state index contributed by atoms with van der Waals surface area (Å²) in [6, 6.07) is 9.47. The summed E-state index contributed by atoms with van der Waals surface area (Å²) in [5.74, 6) is 1.21. The first kappa shape index (κ1) is 18.2. The molecule has 0 unspecified atom stereocenters. The molecule has 0 aliphatic carbocycles. The number of amides is 1. The van der Waals surface area contributed by atoms with E-state index in [4.69, 9.17) is 14.2 Å². The number of nitro benzene ring substituents is 1. The van der Waals surface area contributed by atoms with E-state index >= 15 is 0 Å². The second-order valence-electron chi connectivity index (χ2n) is 5.53. The van der Waals surface area contributed by atoms with E-state index in [2.05, 4.69) is 10.5 Å². The highest BCUT2D eigenvalue weighted by atomic mass is 16.7. The highest BCUT2D eigenvalue weighted by Gasteiger charge is 2.18. The number of nitro groups is 1. The Labute approximate surface area is 154 Å². The average molecular weight is 371 g/mol. The fraction of sp³-hybridized carbons (Fsp3) is 0.222. The van der Waals surface area contributed by atoms with Gasteiger partial charge in [-0.1, -0.05) is 18.2 Å². The highest BCUT2D eigenvalue weighted by molar-refractivity contribution is 5.87. The van der Waals surface area contributed by atoms with Gasteiger partial charge in [0.2, 0.25) is 12.7 Å². The van der Waals surface area contributed by atoms with E-state index in [0.29, 0.717) is 35.0 Å². The monoisotopic (exact) mass is 371 g/mol. The lowest BCUT2D eigenvalue weighted by molar-refractivity contribution is -0.385. The van der Waals surface area contributed by atoms with Gasteiger partial charge < -0.3 is 14.2 Å². The molecule has 0 bridgehead atoms. The van der Waals surface area contributed by atoms with Gasteiger partial charge in [0.1, 0.15) is 5.75 Å². The van der Waals surface area contributed by atoms with Crippen LogP contribution in [0.3, 0.4) is 0 Å². The standard InChI is InChI=1S/C18H17N3O6/c1-2-25-15-9-17-16(26-11-27-17)7-13(15)10-19-20-18(22)8-12-5-3-4-6-14(12)21(23)24/h3-7,9-10H,2,8,11H2,1H3,(H,20,22). The topological polar surface area (TPSA) is 112 Å². The fourth-order valence-corrected chi connectivity index (χ4v) is 2.55. The van der Waals surface area contributed by atoms with Crippen LogP contribution in [0.5, 0.6) is 17.2 Å². The molecular weight excluding hydrogens is 354 g/mol. The van der Waals surface area contributed by atoms with Crippen molar-refractivity contribution in [3.05, 3.63) is 57.6 Å². The number of carbonyl (C=O) groups excluding carboxylic acids is 1. The number of nitrogens with zero attached hydrogens (tertiary/aromatic N) is 2. The Bertz CT molecular complexity index is 897. The number of fused-ring (bicyclic) bond motifs is 1. The van der Waals surface area contributed by atoms with Gasteiger partial charge in [-0.05, 0) is 13.0 Å². The molecule has 0 radical (unpaired) electrons. The predicted molar refractivity (Wildman–Crippen MR) is 96.3 cm³/mol. The Balaban J connectivity index is 1.69. The molecule has 1 aliphatic rings. The number of hydrazone groups is 1. The highest BCUT2D eigenvalue weighted by Crippen LogP contribution is 2.37. The Morgan fingerprint density at radius 3 is 2.81 bits per heavy atom. The van der Waals surface area contributed by atoms with Gasteiger partial charge in [0.25, 0.3) is 5.69 Å². The largest absolute Gasteiger partial charge is 0.493 e. The zero-order valence-corrected chi connectivity index (χ0v) is 14.5. The normalized spacial score (nSPS) is 12.2. The summed E-state index contributed by atoms with van der Waals surface area (Å²) in [5.41, 5.74) is 3.17. The molecule has 0 aromatic heterocycles. The first-order valence-corrected chi connectivity index (χ1v) is 8.19. The van der Waals surface area contributed by atoms with E-state index in [9.17, 15) is 14.9 Å². The molecule has 0 saturated carbocycles. The number of hydrogen-bond acceptors (Lipinski definition) is 7. The molecule has 1 heterocycles. The summed E-state index contributed by atoms with van der Waals surface area (Å²) in [6.45, 7) is 2.43. The van der Waals surface area contributed by atoms with Crippen LogP contribution in [0.2, 0.25) is 0 Å². The molecule has 0 fully saturated rings. The lowest BCUT2D eigenvalue weighted by Gasteiger charge is -2.08. The molecule has 0 spiro atoms. The maximum absolute atomic E-state index is 12.1. The summed E-state index contributed by atoms with van der Waals surface area (Å²) < 4.78 is 16.2. The van der Waals surface area contributed by atoms with Crippen LogP contribution < -0.4 is 19.6 Å². The molecule has 0 saturated heterocycles. The maximum atomic E-state index is 12.1. The molecule has 9 nitrogen and oxygen atoms in total. The van der Waals surface area contributed by atoms with Gasteiger partial charge in [0.15, 0.2) is 11.5 Å². The number of carbonyl (C=O) groups is 1. The lowest BCUT2D eigenvalue weighted by atomic mass is 10.1. The van der Waals surface area contributed by atoms with E-state index < -0.39 is 10.8 Å². The first-order chi connectivity index (χ1) is 13.1. The number of ether oxygens (including phenoxy) is 3. The summed E-state index contributed by atoms with van der Waals surface area (Å²) in [5, 5.41) is 14.9. The van der Waals surface area contributed by atoms with Gasteiger partial charge in [0, 0.05) is 23.3 Å². The van der Waals surface area contributed by atoms with E-state index in [1.54, 1.807) is 24.3 Å². The van der Waals surface area contributed by atoms with Crippen molar-refractivity contribution in [1.29, 1.82) is 0 Å². The molecule has 3 rings (SSSR count). The van der Waals surface area contributed by atoms with E-state index in [0.717, 1.165) is 0 Å². The van der Waals surface area contributed by atoms with Gasteiger partial charge in [-0.2, -0.15) is 5.10 Å². The summed E-state index contributed by atoms with van der Waals surface area (Å²) in [7, 11) is 0. The van der Waals surface area contributed by atoms with Crippen LogP contribution in [0.1, 0.15) is 18.1 Å². The van der Waals surface area contributed by atoms with Crippen molar-refractivity contribution < 1.29 is 23.9 Å². The zero-order chi connectivity index (χ0) is 19.2. The minimum Gasteiger partial charge on any atom is -0.493 e. The Morgan fingerprint density at radius 1 is 1.33 bits per heavy atom. The van der Waals surface area contributed by atoms with Gasteiger partial charge in [-0.15, -0.1) is 0 Å². The first-order valence-electron chi connectivity index (χ1n) is 8.19. The van der Waals surface area contributed by atoms with Crippen molar-refractivity contribution in [3.63, 3.8) is 0 Å². The van der Waals surface area contributed by atoms with Gasteiger partial charge >= 0.3 is 0 Å². The second kappa shape index (κ2) is 8.17. The van der Waals surface area contributed by atoms with E-state index in [1.807, 2.05) is 6.92 Å². The maximum Gasteiger partial charge on any atom is 0.273 e. The van der Waals surface area contributed by atoms with Crippen LogP contribution in [-0.4, -0.2) is 30.4 Å². The molecule has 1 amide bonds. The fourth-order valence-electron chi connectivity index (χ4n) is 2.55. The quantitative estimate of drug-likeness (QED) is 0.454. The van der Waals surface area contributed by atoms with Gasteiger partial charge in [-0.25, -0.2) is 5.43 Å². The minimum absolute atomic E-state index is 0.106. The third kappa shape index (κ3) is 4.32. The summed E-state index contributed by atoms with van der Waals surface area (Å²) in [4.78, 5) is 22.5. The number of nitrogens with one attached hydrogen (secondary N) is 1. The average Bonchev–Trinajstić information content (AvgIpc) is 3.09. The molecule has 1 aliphatic heterocycles. The van der Waals surface area contributed by atoms with Crippen molar-refractivity contribution in [2.75, 3.05) is 13.4 Å². The van der Waals surface area contributed by atoms with E-state index in [1.165, 1.54) is 18.3 Å². The molecule has 2 aromatic rings. The number of benzene rings is 2. The van der Waals surface area contributed by atoms with Crippen molar-refractivity contribution in [3.8, 4) is 17.2 Å². The van der Waals surface area contributed by atoms with Crippen molar-refractivity contribution in [2.45, 2.75) is 13.3 Å². The number of rotatable bonds is 7. The van der Waals surface area contributed by atoms with Gasteiger partial charge in [-0.3, -0.25) is 14.9 Å². The van der Waals surface area contributed by atoms with Crippen LogP contribution in [0, 0.1) is 10.1 Å².